The van der Waals surface area contributed by atoms with Crippen LogP contribution in [-0.4, -0.2) is 16.0 Å². The van der Waals surface area contributed by atoms with Gasteiger partial charge in [-0.1, -0.05) is 43.0 Å². The molecule has 2 aromatic rings. The first-order valence-electron chi connectivity index (χ1n) is 9.24. The van der Waals surface area contributed by atoms with Crippen molar-refractivity contribution in [1.82, 2.24) is 10.2 Å². The van der Waals surface area contributed by atoms with Crippen molar-refractivity contribution in [3.8, 4) is 0 Å². The van der Waals surface area contributed by atoms with E-state index in [2.05, 4.69) is 11.9 Å². The Morgan fingerprint density at radius 2 is 1.90 bits per heavy atom. The number of nitrogens with two attached hydrogens (primary N) is 1. The van der Waals surface area contributed by atoms with Crippen LogP contribution >= 0.6 is 0 Å². The van der Waals surface area contributed by atoms with E-state index >= 15 is 0 Å². The molecule has 150 valence electrons. The summed E-state index contributed by atoms with van der Waals surface area (Å²) in [6.07, 6.45) is 3.45. The molecule has 0 saturated heterocycles. The molecule has 0 bridgehead atoms. The quantitative estimate of drug-likeness (QED) is 0.676. The third kappa shape index (κ3) is 4.92. The van der Waals surface area contributed by atoms with Crippen LogP contribution in [0.4, 0.5) is 9.18 Å². The summed E-state index contributed by atoms with van der Waals surface area (Å²) in [5.41, 5.74) is 11.4. The van der Waals surface area contributed by atoms with Crippen LogP contribution in [0.2, 0.25) is 0 Å². The molecule has 1 heterocycles. The number of aliphatic hydroxyl groups excluding tert-OH is 1. The first-order valence-corrected chi connectivity index (χ1v) is 9.24. The van der Waals surface area contributed by atoms with Crippen LogP contribution in [0, 0.1) is 5.82 Å². The van der Waals surface area contributed by atoms with Crippen LogP contribution in [0.3, 0.4) is 0 Å². The Morgan fingerprint density at radius 3 is 2.59 bits per heavy atom. The van der Waals surface area contributed by atoms with E-state index in [1.807, 2.05) is 25.1 Å². The molecular formula is C23H24FN3O2. The van der Waals surface area contributed by atoms with Gasteiger partial charge in [-0.25, -0.2) is 9.18 Å². The van der Waals surface area contributed by atoms with Gasteiger partial charge in [-0.15, -0.1) is 0 Å². The van der Waals surface area contributed by atoms with Gasteiger partial charge in [0.15, 0.2) is 0 Å². The minimum Gasteiger partial charge on any atom is -0.397 e. The molecule has 29 heavy (non-hydrogen) atoms. The number of hydrogen-bond acceptors (Lipinski definition) is 3. The summed E-state index contributed by atoms with van der Waals surface area (Å²) in [5, 5.41) is 12.0. The second-order valence-electron chi connectivity index (χ2n) is 7.00. The number of benzene rings is 2. The Balaban J connectivity index is 1.60. The first kappa shape index (κ1) is 20.4. The van der Waals surface area contributed by atoms with Gasteiger partial charge in [0.2, 0.25) is 0 Å². The average molecular weight is 393 g/mol. The zero-order valence-corrected chi connectivity index (χ0v) is 16.3. The second-order valence-corrected chi connectivity index (χ2v) is 7.00. The van der Waals surface area contributed by atoms with E-state index in [1.54, 1.807) is 29.2 Å². The van der Waals surface area contributed by atoms with E-state index in [-0.39, 0.29) is 18.5 Å². The number of allylic oxidation sites excluding steroid dienone is 3. The monoisotopic (exact) mass is 393 g/mol. The van der Waals surface area contributed by atoms with Gasteiger partial charge in [-0.3, -0.25) is 0 Å². The number of nitrogens with one attached hydrogen (secondary N) is 1. The van der Waals surface area contributed by atoms with Crippen LogP contribution in [0.15, 0.2) is 72.6 Å². The number of carbonyl (C=O) groups excluding carboxylic acids is 1. The van der Waals surface area contributed by atoms with E-state index in [9.17, 15) is 14.3 Å². The molecule has 0 saturated carbocycles. The summed E-state index contributed by atoms with van der Waals surface area (Å²) in [7, 11) is 0. The van der Waals surface area contributed by atoms with Gasteiger partial charge < -0.3 is 21.1 Å². The normalized spacial score (nSPS) is 14.0. The Kier molecular flexibility index (Phi) is 6.14. The van der Waals surface area contributed by atoms with E-state index in [0.29, 0.717) is 24.5 Å². The van der Waals surface area contributed by atoms with Crippen molar-refractivity contribution in [2.75, 3.05) is 0 Å². The number of hydrogen-bond donors (Lipinski definition) is 3. The Morgan fingerprint density at radius 1 is 1.21 bits per heavy atom. The third-order valence-corrected chi connectivity index (χ3v) is 4.88. The van der Waals surface area contributed by atoms with Gasteiger partial charge in [-0.2, -0.15) is 0 Å². The number of amides is 2. The molecule has 0 aliphatic carbocycles. The number of halogens is 1. The number of carbonyl (C=O) groups is 1. The van der Waals surface area contributed by atoms with E-state index in [4.69, 9.17) is 5.73 Å². The van der Waals surface area contributed by atoms with Crippen molar-refractivity contribution in [2.24, 2.45) is 5.73 Å². The first-order chi connectivity index (χ1) is 13.9. The number of nitrogens with zero attached hydrogens (tertiary/aromatic N) is 1. The van der Waals surface area contributed by atoms with E-state index in [0.717, 1.165) is 27.8 Å². The lowest BCUT2D eigenvalue weighted by molar-refractivity contribution is 0.201. The molecule has 0 unspecified atom stereocenters. The lowest BCUT2D eigenvalue weighted by Crippen LogP contribution is -2.36. The van der Waals surface area contributed by atoms with E-state index < -0.39 is 0 Å². The molecule has 0 spiro atoms. The third-order valence-electron chi connectivity index (χ3n) is 4.88. The van der Waals surface area contributed by atoms with Crippen molar-refractivity contribution < 1.29 is 14.3 Å². The lowest BCUT2D eigenvalue weighted by atomic mass is 10.1. The summed E-state index contributed by atoms with van der Waals surface area (Å²) in [4.78, 5) is 14.2. The van der Waals surface area contributed by atoms with Crippen molar-refractivity contribution >= 4 is 11.6 Å². The Labute approximate surface area is 169 Å². The van der Waals surface area contributed by atoms with Gasteiger partial charge in [-0.05, 0) is 53.0 Å². The molecule has 4 N–H and O–H groups in total. The van der Waals surface area contributed by atoms with Gasteiger partial charge >= 0.3 is 6.03 Å². The van der Waals surface area contributed by atoms with Crippen LogP contribution in [0.25, 0.3) is 5.57 Å². The van der Waals surface area contributed by atoms with E-state index in [1.165, 1.54) is 12.1 Å². The highest BCUT2D eigenvalue weighted by Gasteiger charge is 2.23. The standard InChI is InChI=1S/C23H24FN3O2/c1-15(18-6-8-21(24)9-7-18)3-10-22(25)16(2)26-23(29)27-12-19-5-4-17(14-28)11-20(19)13-27/h3-11,28H,2,12-14,25H2,1H3,(H,26,29)/b15-3+,22-10+. The predicted octanol–water partition coefficient (Wildman–Crippen LogP) is 3.80. The van der Waals surface area contributed by atoms with Crippen LogP contribution < -0.4 is 11.1 Å². The molecule has 2 amide bonds. The maximum Gasteiger partial charge on any atom is 0.322 e. The molecule has 1 aliphatic rings. The highest BCUT2D eigenvalue weighted by molar-refractivity contribution is 5.78. The van der Waals surface area contributed by atoms with Crippen molar-refractivity contribution in [1.29, 1.82) is 0 Å². The largest absolute Gasteiger partial charge is 0.397 e. The van der Waals surface area contributed by atoms with Crippen LogP contribution in [0.1, 0.15) is 29.2 Å². The maximum atomic E-state index is 13.0. The molecule has 0 fully saturated rings. The Hall–Kier alpha value is -3.38. The molecule has 0 radical (unpaired) electrons. The highest BCUT2D eigenvalue weighted by Crippen LogP contribution is 2.24. The van der Waals surface area contributed by atoms with Crippen LogP contribution in [0.5, 0.6) is 0 Å². The van der Waals surface area contributed by atoms with Crippen molar-refractivity contribution in [3.63, 3.8) is 0 Å². The molecule has 2 aromatic carbocycles. The number of aliphatic hydroxyl groups is 1. The van der Waals surface area contributed by atoms with Crippen LogP contribution in [-0.2, 0) is 19.7 Å². The molecule has 0 atom stereocenters. The maximum absolute atomic E-state index is 13.0. The lowest BCUT2D eigenvalue weighted by Gasteiger charge is -2.17. The van der Waals surface area contributed by atoms with Gasteiger partial charge in [0, 0.05) is 13.1 Å². The zero-order chi connectivity index (χ0) is 21.0. The van der Waals surface area contributed by atoms with Gasteiger partial charge in [0.25, 0.3) is 0 Å². The molecule has 5 nitrogen and oxygen atoms in total. The molecule has 0 aromatic heterocycles. The molecule has 3 rings (SSSR count). The average Bonchev–Trinajstić information content (AvgIpc) is 3.15. The predicted molar refractivity (Wildman–Crippen MR) is 112 cm³/mol. The summed E-state index contributed by atoms with van der Waals surface area (Å²) in [6.45, 7) is 6.67. The smallest absolute Gasteiger partial charge is 0.322 e. The topological polar surface area (TPSA) is 78.6 Å². The minimum atomic E-state index is -0.288. The number of fused-ring (bicyclic) bond motifs is 1. The van der Waals surface area contributed by atoms with Crippen molar-refractivity contribution in [2.45, 2.75) is 26.6 Å². The SMILES string of the molecule is C=C(NC(=O)N1Cc2ccc(CO)cc2C1)/C(N)=C\C=C(/C)c1ccc(F)cc1. The summed E-state index contributed by atoms with van der Waals surface area (Å²) >= 11 is 0. The van der Waals surface area contributed by atoms with Gasteiger partial charge in [0.1, 0.15) is 5.82 Å². The fourth-order valence-electron chi connectivity index (χ4n) is 3.09. The fourth-order valence-corrected chi connectivity index (χ4v) is 3.09. The minimum absolute atomic E-state index is 0.0253. The van der Waals surface area contributed by atoms with Crippen molar-refractivity contribution in [3.05, 3.63) is 101 Å². The number of urea groups is 1. The highest BCUT2D eigenvalue weighted by atomic mass is 19.1. The summed E-state index contributed by atoms with van der Waals surface area (Å²) < 4.78 is 13.0. The molecular weight excluding hydrogens is 369 g/mol. The zero-order valence-electron chi connectivity index (χ0n) is 16.3. The fraction of sp³-hybridized carbons (Fsp3) is 0.174. The molecule has 1 aliphatic heterocycles. The summed E-state index contributed by atoms with van der Waals surface area (Å²) in [6, 6.07) is 11.6. The molecule has 6 heteroatoms. The number of rotatable bonds is 5. The Bertz CT molecular complexity index is 994. The van der Waals surface area contributed by atoms with Gasteiger partial charge in [0.05, 0.1) is 18.0 Å². The second kappa shape index (κ2) is 8.75. The summed E-state index contributed by atoms with van der Waals surface area (Å²) in [5.74, 6) is -0.288.